The van der Waals surface area contributed by atoms with E-state index in [4.69, 9.17) is 4.74 Å². The quantitative estimate of drug-likeness (QED) is 0.620. The van der Waals surface area contributed by atoms with Gasteiger partial charge < -0.3 is 9.84 Å². The molecule has 0 aliphatic carbocycles. The molecule has 2 unspecified atom stereocenters. The summed E-state index contributed by atoms with van der Waals surface area (Å²) in [6.45, 7) is 2.00. The summed E-state index contributed by atoms with van der Waals surface area (Å²) in [4.78, 5) is 0. The van der Waals surface area contributed by atoms with E-state index in [-0.39, 0.29) is 12.2 Å². The fraction of sp³-hybridized carbons (Fsp3) is 0.333. The third-order valence-corrected chi connectivity index (χ3v) is 1.95. The number of phenolic OH excluding ortho intramolecular Hbond substituents is 1. The van der Waals surface area contributed by atoms with Gasteiger partial charge in [0.15, 0.2) is 0 Å². The number of hydrogen-bond acceptors (Lipinski definition) is 2. The summed E-state index contributed by atoms with van der Waals surface area (Å²) >= 11 is 0. The third kappa shape index (κ3) is 1.10. The molecule has 1 aromatic rings. The molecule has 58 valence electrons. The summed E-state index contributed by atoms with van der Waals surface area (Å²) in [6, 6.07) is 7.29. The van der Waals surface area contributed by atoms with Crippen molar-refractivity contribution in [3.8, 4) is 5.75 Å². The van der Waals surface area contributed by atoms with Crippen LogP contribution in [0.1, 0.15) is 18.6 Å². The van der Waals surface area contributed by atoms with Crippen LogP contribution in [0.25, 0.3) is 0 Å². The summed E-state index contributed by atoms with van der Waals surface area (Å²) in [6.07, 6.45) is 0.388. The molecular formula is C9H10O2. The van der Waals surface area contributed by atoms with Crippen molar-refractivity contribution in [2.24, 2.45) is 0 Å². The zero-order valence-corrected chi connectivity index (χ0v) is 6.32. The fourth-order valence-corrected chi connectivity index (χ4v) is 1.24. The molecule has 0 aromatic heterocycles. The van der Waals surface area contributed by atoms with Crippen molar-refractivity contribution in [3.05, 3.63) is 29.8 Å². The maximum atomic E-state index is 9.36. The lowest BCUT2D eigenvalue weighted by Gasteiger charge is -1.97. The van der Waals surface area contributed by atoms with Crippen LogP contribution in [0, 0.1) is 0 Å². The summed E-state index contributed by atoms with van der Waals surface area (Å²) < 4.78 is 5.22. The van der Waals surface area contributed by atoms with Crippen molar-refractivity contribution in [1.29, 1.82) is 0 Å². The van der Waals surface area contributed by atoms with Gasteiger partial charge in [-0.2, -0.15) is 0 Å². The van der Waals surface area contributed by atoms with Crippen LogP contribution in [0.4, 0.5) is 0 Å². The van der Waals surface area contributed by atoms with Crippen molar-refractivity contribution in [2.75, 3.05) is 0 Å². The van der Waals surface area contributed by atoms with Crippen molar-refractivity contribution in [2.45, 2.75) is 19.1 Å². The molecule has 2 atom stereocenters. The van der Waals surface area contributed by atoms with E-state index in [0.29, 0.717) is 5.75 Å². The Morgan fingerprint density at radius 1 is 1.36 bits per heavy atom. The van der Waals surface area contributed by atoms with Crippen molar-refractivity contribution < 1.29 is 9.84 Å². The molecule has 2 nitrogen and oxygen atoms in total. The van der Waals surface area contributed by atoms with Gasteiger partial charge in [0.2, 0.25) is 0 Å². The van der Waals surface area contributed by atoms with E-state index in [9.17, 15) is 5.11 Å². The summed E-state index contributed by atoms with van der Waals surface area (Å²) in [7, 11) is 0. The predicted octanol–water partition coefficient (Wildman–Crippen LogP) is 1.85. The minimum atomic E-state index is 0.121. The smallest absolute Gasteiger partial charge is 0.121 e. The Morgan fingerprint density at radius 3 is 2.55 bits per heavy atom. The number of ether oxygens (including phenoxy) is 1. The zero-order valence-electron chi connectivity index (χ0n) is 6.32. The third-order valence-electron chi connectivity index (χ3n) is 1.95. The van der Waals surface area contributed by atoms with Gasteiger partial charge in [0.1, 0.15) is 11.9 Å². The van der Waals surface area contributed by atoms with Gasteiger partial charge in [-0.15, -0.1) is 0 Å². The summed E-state index contributed by atoms with van der Waals surface area (Å²) in [5.74, 6) is 0.335. The molecule has 1 N–H and O–H groups in total. The molecule has 2 rings (SSSR count). The van der Waals surface area contributed by atoms with Crippen molar-refractivity contribution >= 4 is 0 Å². The lowest BCUT2D eigenvalue weighted by Crippen LogP contribution is -1.83. The second kappa shape index (κ2) is 2.24. The zero-order chi connectivity index (χ0) is 7.84. The van der Waals surface area contributed by atoms with Gasteiger partial charge in [-0.05, 0) is 13.0 Å². The van der Waals surface area contributed by atoms with Gasteiger partial charge in [0.25, 0.3) is 0 Å². The molecule has 2 heteroatoms. The van der Waals surface area contributed by atoms with Crippen LogP contribution in [-0.2, 0) is 4.74 Å². The van der Waals surface area contributed by atoms with E-state index >= 15 is 0 Å². The highest BCUT2D eigenvalue weighted by Crippen LogP contribution is 2.41. The molecular weight excluding hydrogens is 140 g/mol. The van der Waals surface area contributed by atoms with Crippen LogP contribution >= 0.6 is 0 Å². The van der Waals surface area contributed by atoms with E-state index < -0.39 is 0 Å². The molecule has 1 aliphatic rings. The van der Waals surface area contributed by atoms with Crippen molar-refractivity contribution in [1.82, 2.24) is 0 Å². The highest BCUT2D eigenvalue weighted by Gasteiger charge is 2.37. The van der Waals surface area contributed by atoms with E-state index in [1.165, 1.54) is 0 Å². The lowest BCUT2D eigenvalue weighted by atomic mass is 10.1. The van der Waals surface area contributed by atoms with Crippen molar-refractivity contribution in [3.63, 3.8) is 0 Å². The average Bonchev–Trinajstić information content (AvgIpc) is 2.68. The highest BCUT2D eigenvalue weighted by molar-refractivity contribution is 5.36. The van der Waals surface area contributed by atoms with Gasteiger partial charge in [-0.25, -0.2) is 0 Å². The second-order valence-corrected chi connectivity index (χ2v) is 2.82. The first kappa shape index (κ1) is 6.68. The first-order valence-electron chi connectivity index (χ1n) is 3.72. The standard InChI is InChI=1S/C9H10O2/c1-6-9(11-6)7-4-2-3-5-8(7)10/h2-6,9-10H,1H3. The number of hydrogen-bond donors (Lipinski definition) is 1. The Hall–Kier alpha value is -1.02. The largest absolute Gasteiger partial charge is 0.508 e. The van der Waals surface area contributed by atoms with Crippen LogP contribution in [-0.4, -0.2) is 11.2 Å². The molecule has 0 radical (unpaired) electrons. The number of para-hydroxylation sites is 1. The van der Waals surface area contributed by atoms with E-state index in [0.717, 1.165) is 5.56 Å². The normalized spacial score (nSPS) is 28.5. The van der Waals surface area contributed by atoms with E-state index in [1.54, 1.807) is 6.07 Å². The molecule has 1 saturated heterocycles. The van der Waals surface area contributed by atoms with Crippen LogP contribution in [0.15, 0.2) is 24.3 Å². The van der Waals surface area contributed by atoms with Gasteiger partial charge in [-0.3, -0.25) is 0 Å². The molecule has 0 saturated carbocycles. The predicted molar refractivity (Wildman–Crippen MR) is 41.4 cm³/mol. The molecule has 11 heavy (non-hydrogen) atoms. The molecule has 1 heterocycles. The second-order valence-electron chi connectivity index (χ2n) is 2.82. The number of rotatable bonds is 1. The van der Waals surface area contributed by atoms with E-state index in [2.05, 4.69) is 0 Å². The van der Waals surface area contributed by atoms with Crippen LogP contribution in [0.2, 0.25) is 0 Å². The van der Waals surface area contributed by atoms with Crippen LogP contribution in [0.5, 0.6) is 5.75 Å². The number of phenols is 1. The summed E-state index contributed by atoms with van der Waals surface area (Å²) in [5, 5.41) is 9.36. The van der Waals surface area contributed by atoms with Crippen LogP contribution < -0.4 is 0 Å². The highest BCUT2D eigenvalue weighted by atomic mass is 16.6. The maximum absolute atomic E-state index is 9.36. The molecule has 1 aliphatic heterocycles. The molecule has 1 fully saturated rings. The van der Waals surface area contributed by atoms with Gasteiger partial charge in [0, 0.05) is 5.56 Å². The topological polar surface area (TPSA) is 32.8 Å². The average molecular weight is 150 g/mol. The monoisotopic (exact) mass is 150 g/mol. The Morgan fingerprint density at radius 2 is 2.00 bits per heavy atom. The Bertz CT molecular complexity index is 270. The number of benzene rings is 1. The molecule has 0 amide bonds. The minimum absolute atomic E-state index is 0.121. The molecule has 0 spiro atoms. The Balaban J connectivity index is 2.31. The van der Waals surface area contributed by atoms with Gasteiger partial charge in [-0.1, -0.05) is 18.2 Å². The minimum Gasteiger partial charge on any atom is -0.508 e. The molecule has 0 bridgehead atoms. The fourth-order valence-electron chi connectivity index (χ4n) is 1.24. The van der Waals surface area contributed by atoms with Gasteiger partial charge in [0.05, 0.1) is 6.10 Å². The van der Waals surface area contributed by atoms with E-state index in [1.807, 2.05) is 25.1 Å². The molecule has 1 aromatic carbocycles. The maximum Gasteiger partial charge on any atom is 0.121 e. The summed E-state index contributed by atoms with van der Waals surface area (Å²) in [5.41, 5.74) is 0.903. The lowest BCUT2D eigenvalue weighted by molar-refractivity contribution is 0.375. The number of epoxide rings is 1. The Labute approximate surface area is 65.4 Å². The van der Waals surface area contributed by atoms with Gasteiger partial charge >= 0.3 is 0 Å². The SMILES string of the molecule is CC1OC1c1ccccc1O. The van der Waals surface area contributed by atoms with Crippen LogP contribution in [0.3, 0.4) is 0 Å². The first-order valence-corrected chi connectivity index (χ1v) is 3.72. The number of aromatic hydroxyl groups is 1. The Kier molecular flexibility index (Phi) is 1.36. The first-order chi connectivity index (χ1) is 5.29.